The highest BCUT2D eigenvalue weighted by molar-refractivity contribution is 9.10. The first-order chi connectivity index (χ1) is 14.8. The maximum absolute atomic E-state index is 12.9. The van der Waals surface area contributed by atoms with Crippen LogP contribution in [0.25, 0.3) is 11.0 Å². The zero-order valence-corrected chi connectivity index (χ0v) is 18.8. The minimum atomic E-state index is -4.14. The number of para-hydroxylation sites is 2. The Labute approximate surface area is 190 Å². The van der Waals surface area contributed by atoms with Gasteiger partial charge in [-0.2, -0.15) is 0 Å². The second-order valence-electron chi connectivity index (χ2n) is 6.28. The minimum Gasteiger partial charge on any atom is -0.261 e. The van der Waals surface area contributed by atoms with Crippen molar-refractivity contribution in [3.8, 4) is 0 Å². The highest BCUT2D eigenvalue weighted by Crippen LogP contribution is 2.34. The topological polar surface area (TPSA) is 115 Å². The lowest BCUT2D eigenvalue weighted by Crippen LogP contribution is -2.15. The van der Waals surface area contributed by atoms with Crippen LogP contribution in [0.3, 0.4) is 0 Å². The van der Waals surface area contributed by atoms with Crippen LogP contribution in [0.2, 0.25) is 0 Å². The molecule has 0 atom stereocenters. The molecule has 4 rings (SSSR count). The number of non-ortho nitro benzene ring substituents is 1. The molecule has 8 nitrogen and oxygen atoms in total. The number of anilines is 1. The Bertz CT molecular complexity index is 1400. The Kier molecular flexibility index (Phi) is 5.90. The number of fused-ring (bicyclic) bond motifs is 1. The number of nitro benzene ring substituents is 1. The van der Waals surface area contributed by atoms with Gasteiger partial charge in [0.05, 0.1) is 20.9 Å². The van der Waals surface area contributed by atoms with E-state index >= 15 is 0 Å². The normalized spacial score (nSPS) is 11.4. The molecule has 0 spiro atoms. The average Bonchev–Trinajstić information content (AvgIpc) is 2.75. The molecule has 1 heterocycles. The van der Waals surface area contributed by atoms with E-state index in [-0.39, 0.29) is 16.4 Å². The van der Waals surface area contributed by atoms with Gasteiger partial charge in [-0.1, -0.05) is 45.9 Å². The number of halogens is 1. The summed E-state index contributed by atoms with van der Waals surface area (Å²) in [4.78, 5) is 20.0. The van der Waals surface area contributed by atoms with Crippen molar-refractivity contribution in [2.24, 2.45) is 0 Å². The summed E-state index contributed by atoms with van der Waals surface area (Å²) in [6, 6.07) is 19.4. The molecule has 0 bridgehead atoms. The van der Waals surface area contributed by atoms with E-state index in [1.807, 2.05) is 30.3 Å². The van der Waals surface area contributed by atoms with Gasteiger partial charge in [0.25, 0.3) is 15.7 Å². The summed E-state index contributed by atoms with van der Waals surface area (Å²) < 4.78 is 29.2. The third-order valence-electron chi connectivity index (χ3n) is 4.14. The Hall–Kier alpha value is -3.02. The molecule has 1 N–H and O–H groups in total. The van der Waals surface area contributed by atoms with Crippen molar-refractivity contribution in [1.29, 1.82) is 0 Å². The van der Waals surface area contributed by atoms with Crippen molar-refractivity contribution in [2.75, 3.05) is 4.72 Å². The number of sulfonamides is 1. The zero-order chi connectivity index (χ0) is 22.0. The lowest BCUT2D eigenvalue weighted by atomic mass is 10.3. The molecule has 0 fully saturated rings. The largest absolute Gasteiger partial charge is 0.270 e. The molecule has 0 radical (unpaired) electrons. The van der Waals surface area contributed by atoms with Gasteiger partial charge >= 0.3 is 0 Å². The second-order valence-corrected chi connectivity index (χ2v) is 9.94. The number of nitro groups is 1. The number of nitrogens with one attached hydrogen (secondary N) is 1. The molecule has 0 saturated heterocycles. The van der Waals surface area contributed by atoms with E-state index in [4.69, 9.17) is 0 Å². The van der Waals surface area contributed by atoms with Crippen LogP contribution >= 0.6 is 27.7 Å². The molecule has 0 aliphatic heterocycles. The highest BCUT2D eigenvalue weighted by atomic mass is 79.9. The van der Waals surface area contributed by atoms with Crippen molar-refractivity contribution >= 4 is 60.3 Å². The van der Waals surface area contributed by atoms with Crippen LogP contribution in [-0.4, -0.2) is 23.3 Å². The Morgan fingerprint density at radius 1 is 0.935 bits per heavy atom. The summed E-state index contributed by atoms with van der Waals surface area (Å²) in [6.45, 7) is 0. The van der Waals surface area contributed by atoms with Gasteiger partial charge in [-0.15, -0.1) is 0 Å². The van der Waals surface area contributed by atoms with E-state index < -0.39 is 14.9 Å². The summed E-state index contributed by atoms with van der Waals surface area (Å²) in [5, 5.41) is 11.4. The molecule has 4 aromatic rings. The third kappa shape index (κ3) is 4.84. The maximum atomic E-state index is 12.9. The molecule has 3 aromatic carbocycles. The lowest BCUT2D eigenvalue weighted by molar-refractivity contribution is -0.385. The fraction of sp³-hybridized carbons (Fsp3) is 0. The fourth-order valence-corrected chi connectivity index (χ4v) is 4.90. The Morgan fingerprint density at radius 2 is 1.61 bits per heavy atom. The van der Waals surface area contributed by atoms with E-state index in [2.05, 4.69) is 30.6 Å². The molecule has 11 heteroatoms. The van der Waals surface area contributed by atoms with Gasteiger partial charge in [-0.3, -0.25) is 14.8 Å². The predicted molar refractivity (Wildman–Crippen MR) is 122 cm³/mol. The number of nitrogens with zero attached hydrogens (tertiary/aromatic N) is 3. The van der Waals surface area contributed by atoms with Gasteiger partial charge in [0.15, 0.2) is 5.82 Å². The van der Waals surface area contributed by atoms with Crippen LogP contribution in [0, 0.1) is 10.1 Å². The highest BCUT2D eigenvalue weighted by Gasteiger charge is 2.21. The van der Waals surface area contributed by atoms with Gasteiger partial charge in [0.1, 0.15) is 5.03 Å². The maximum Gasteiger partial charge on any atom is 0.270 e. The quantitative estimate of drug-likeness (QED) is 0.274. The van der Waals surface area contributed by atoms with Crippen LogP contribution < -0.4 is 4.72 Å². The number of hydrogen-bond acceptors (Lipinski definition) is 7. The first-order valence-corrected chi connectivity index (χ1v) is 11.9. The van der Waals surface area contributed by atoms with Crippen LogP contribution in [-0.2, 0) is 10.0 Å². The Morgan fingerprint density at radius 3 is 2.29 bits per heavy atom. The van der Waals surface area contributed by atoms with Crippen molar-refractivity contribution in [2.45, 2.75) is 14.8 Å². The summed E-state index contributed by atoms with van der Waals surface area (Å²) in [7, 11) is -4.14. The van der Waals surface area contributed by atoms with E-state index in [1.54, 1.807) is 18.2 Å². The average molecular weight is 517 g/mol. The zero-order valence-electron chi connectivity index (χ0n) is 15.6. The van der Waals surface area contributed by atoms with Crippen LogP contribution in [0.15, 0.2) is 92.1 Å². The number of aromatic nitrogens is 2. The van der Waals surface area contributed by atoms with Crippen LogP contribution in [0.1, 0.15) is 0 Å². The SMILES string of the molecule is O=[N+]([O-])c1cccc(S(=O)(=O)Nc2nc3ccccc3nc2Sc2ccc(Br)cc2)c1. The number of benzene rings is 3. The van der Waals surface area contributed by atoms with Gasteiger partial charge in [0.2, 0.25) is 0 Å². The summed E-state index contributed by atoms with van der Waals surface area (Å²) in [5.74, 6) is 0.0399. The third-order valence-corrected chi connectivity index (χ3v) is 6.99. The predicted octanol–water partition coefficient (Wildman–Crippen LogP) is 5.25. The van der Waals surface area contributed by atoms with Crippen LogP contribution in [0.5, 0.6) is 0 Å². The molecule has 0 saturated carbocycles. The molecule has 0 aliphatic rings. The molecular formula is C20H13BrN4O4S2. The smallest absolute Gasteiger partial charge is 0.261 e. The summed E-state index contributed by atoms with van der Waals surface area (Å²) >= 11 is 4.63. The van der Waals surface area contributed by atoms with E-state index in [1.165, 1.54) is 30.0 Å². The molecule has 0 aliphatic carbocycles. The first-order valence-electron chi connectivity index (χ1n) is 8.79. The monoisotopic (exact) mass is 516 g/mol. The molecule has 1 aromatic heterocycles. The Balaban J connectivity index is 1.77. The first kappa shape index (κ1) is 21.2. The van der Waals surface area contributed by atoms with E-state index in [0.717, 1.165) is 15.4 Å². The lowest BCUT2D eigenvalue weighted by Gasteiger charge is -2.12. The van der Waals surface area contributed by atoms with Gasteiger partial charge in [-0.05, 0) is 42.5 Å². The number of rotatable bonds is 6. The van der Waals surface area contributed by atoms with Crippen molar-refractivity contribution in [1.82, 2.24) is 9.97 Å². The molecule has 31 heavy (non-hydrogen) atoms. The second kappa shape index (κ2) is 8.61. The molecule has 0 unspecified atom stereocenters. The summed E-state index contributed by atoms with van der Waals surface area (Å²) in [5.41, 5.74) is 0.803. The van der Waals surface area contributed by atoms with Crippen molar-refractivity contribution < 1.29 is 13.3 Å². The van der Waals surface area contributed by atoms with Gasteiger partial charge < -0.3 is 0 Å². The minimum absolute atomic E-state index is 0.0399. The number of hydrogen-bond donors (Lipinski definition) is 1. The molecular weight excluding hydrogens is 504 g/mol. The van der Waals surface area contributed by atoms with E-state index in [0.29, 0.717) is 16.1 Å². The van der Waals surface area contributed by atoms with Crippen LogP contribution in [0.4, 0.5) is 11.5 Å². The standard InChI is InChI=1S/C20H13BrN4O4S2/c21-13-8-10-15(11-9-13)30-20-19(22-17-6-1-2-7-18(17)23-20)24-31(28,29)16-5-3-4-14(12-16)25(26)27/h1-12H,(H,22,24). The van der Waals surface area contributed by atoms with Gasteiger partial charge in [0, 0.05) is 21.5 Å². The van der Waals surface area contributed by atoms with E-state index in [9.17, 15) is 18.5 Å². The summed E-state index contributed by atoms with van der Waals surface area (Å²) in [6.07, 6.45) is 0. The fourth-order valence-electron chi connectivity index (χ4n) is 2.69. The van der Waals surface area contributed by atoms with Crippen molar-refractivity contribution in [3.05, 3.63) is 87.4 Å². The van der Waals surface area contributed by atoms with Crippen molar-refractivity contribution in [3.63, 3.8) is 0 Å². The molecule has 0 amide bonds. The molecule has 156 valence electrons. The van der Waals surface area contributed by atoms with Gasteiger partial charge in [-0.25, -0.2) is 18.4 Å².